The SMILES string of the molecule is CCC1CC1Nc1sc(C(=O)C(C)C)c(N)c1SC. The van der Waals surface area contributed by atoms with E-state index in [0.29, 0.717) is 11.7 Å². The number of anilines is 2. The average molecular weight is 298 g/mol. The van der Waals surface area contributed by atoms with E-state index in [2.05, 4.69) is 12.2 Å². The summed E-state index contributed by atoms with van der Waals surface area (Å²) in [4.78, 5) is 13.9. The molecule has 2 unspecified atom stereocenters. The summed E-state index contributed by atoms with van der Waals surface area (Å²) in [5.74, 6) is 0.920. The number of hydrogen-bond donors (Lipinski definition) is 2. The molecule has 1 aliphatic carbocycles. The van der Waals surface area contributed by atoms with Crippen molar-refractivity contribution in [2.75, 3.05) is 17.3 Å². The fourth-order valence-electron chi connectivity index (χ4n) is 2.22. The Morgan fingerprint density at radius 3 is 2.74 bits per heavy atom. The van der Waals surface area contributed by atoms with Crippen LogP contribution >= 0.6 is 23.1 Å². The highest BCUT2D eigenvalue weighted by Gasteiger charge is 2.36. The molecule has 0 aliphatic heterocycles. The molecule has 2 atom stereocenters. The number of rotatable bonds is 6. The second kappa shape index (κ2) is 5.75. The van der Waals surface area contributed by atoms with Gasteiger partial charge in [-0.25, -0.2) is 0 Å². The standard InChI is InChI=1S/C14H22N2OS2/c1-5-8-6-9(8)16-14-13(18-4)10(15)12(19-14)11(17)7(2)3/h7-9,16H,5-6,15H2,1-4H3. The normalized spacial score (nSPS) is 21.7. The second-order valence-corrected chi connectivity index (χ2v) is 7.22. The first-order valence-corrected chi connectivity index (χ1v) is 8.80. The lowest BCUT2D eigenvalue weighted by atomic mass is 10.1. The summed E-state index contributed by atoms with van der Waals surface area (Å²) in [5.41, 5.74) is 6.81. The first-order valence-electron chi connectivity index (χ1n) is 6.76. The second-order valence-electron chi connectivity index (χ2n) is 5.38. The maximum absolute atomic E-state index is 12.2. The predicted molar refractivity (Wildman–Crippen MR) is 85.5 cm³/mol. The highest BCUT2D eigenvalue weighted by Crippen LogP contribution is 2.46. The molecule has 19 heavy (non-hydrogen) atoms. The van der Waals surface area contributed by atoms with Gasteiger partial charge in [-0.15, -0.1) is 23.1 Å². The molecule has 0 aromatic carbocycles. The van der Waals surface area contributed by atoms with Crippen LogP contribution in [-0.4, -0.2) is 18.1 Å². The number of thiophene rings is 1. The molecule has 1 aliphatic rings. The van der Waals surface area contributed by atoms with Crippen LogP contribution < -0.4 is 11.1 Å². The van der Waals surface area contributed by atoms with E-state index in [1.54, 1.807) is 11.8 Å². The monoisotopic (exact) mass is 298 g/mol. The van der Waals surface area contributed by atoms with Crippen LogP contribution in [0, 0.1) is 11.8 Å². The van der Waals surface area contributed by atoms with E-state index in [1.165, 1.54) is 24.2 Å². The molecule has 0 bridgehead atoms. The van der Waals surface area contributed by atoms with Gasteiger partial charge in [-0.3, -0.25) is 4.79 Å². The Hall–Kier alpha value is -0.680. The van der Waals surface area contributed by atoms with Gasteiger partial charge in [-0.2, -0.15) is 0 Å². The zero-order chi connectivity index (χ0) is 14.2. The van der Waals surface area contributed by atoms with Gasteiger partial charge >= 0.3 is 0 Å². The lowest BCUT2D eigenvalue weighted by molar-refractivity contribution is 0.0944. The van der Waals surface area contributed by atoms with Crippen molar-refractivity contribution in [2.24, 2.45) is 11.8 Å². The maximum atomic E-state index is 12.2. The number of carbonyl (C=O) groups is 1. The fourth-order valence-corrected chi connectivity index (χ4v) is 4.39. The molecule has 1 saturated carbocycles. The van der Waals surface area contributed by atoms with E-state index in [0.717, 1.165) is 20.7 Å². The van der Waals surface area contributed by atoms with E-state index in [1.807, 2.05) is 20.1 Å². The minimum absolute atomic E-state index is 0.00665. The molecule has 0 spiro atoms. The van der Waals surface area contributed by atoms with Gasteiger partial charge in [0.25, 0.3) is 0 Å². The Kier molecular flexibility index (Phi) is 4.46. The lowest BCUT2D eigenvalue weighted by Crippen LogP contribution is -2.07. The van der Waals surface area contributed by atoms with Crippen molar-refractivity contribution in [2.45, 2.75) is 44.6 Å². The van der Waals surface area contributed by atoms with Crippen molar-refractivity contribution in [3.05, 3.63) is 4.88 Å². The van der Waals surface area contributed by atoms with Crippen LogP contribution in [0.15, 0.2) is 4.90 Å². The molecular weight excluding hydrogens is 276 g/mol. The van der Waals surface area contributed by atoms with Gasteiger partial charge in [0, 0.05) is 12.0 Å². The van der Waals surface area contributed by atoms with E-state index >= 15 is 0 Å². The lowest BCUT2D eigenvalue weighted by Gasteiger charge is -2.05. The van der Waals surface area contributed by atoms with Crippen LogP contribution in [-0.2, 0) is 0 Å². The van der Waals surface area contributed by atoms with Crippen molar-refractivity contribution in [1.82, 2.24) is 0 Å². The van der Waals surface area contributed by atoms with Crippen LogP contribution in [0.25, 0.3) is 0 Å². The molecule has 5 heteroatoms. The minimum atomic E-state index is -0.00665. The summed E-state index contributed by atoms with van der Waals surface area (Å²) in [7, 11) is 0. The molecular formula is C14H22N2OS2. The summed E-state index contributed by atoms with van der Waals surface area (Å²) < 4.78 is 0. The summed E-state index contributed by atoms with van der Waals surface area (Å²) in [6.07, 6.45) is 4.46. The number of ketones is 1. The van der Waals surface area contributed by atoms with Crippen LogP contribution in [0.3, 0.4) is 0 Å². The zero-order valence-corrected chi connectivity index (χ0v) is 13.6. The van der Waals surface area contributed by atoms with Gasteiger partial charge in [-0.05, 0) is 18.6 Å². The number of nitrogen functional groups attached to an aromatic ring is 1. The quantitative estimate of drug-likeness (QED) is 0.613. The number of Topliss-reactive ketones (excluding diaryl/α,β-unsaturated/α-hetero) is 1. The Labute approximate surface area is 123 Å². The van der Waals surface area contributed by atoms with Gasteiger partial charge in [0.15, 0.2) is 5.78 Å². The number of nitrogens with two attached hydrogens (primary N) is 1. The Morgan fingerprint density at radius 2 is 2.26 bits per heavy atom. The first-order chi connectivity index (χ1) is 8.99. The Bertz CT molecular complexity index is 482. The van der Waals surface area contributed by atoms with Crippen molar-refractivity contribution < 1.29 is 4.79 Å². The molecule has 1 aromatic heterocycles. The number of nitrogens with one attached hydrogen (secondary N) is 1. The molecule has 0 saturated heterocycles. The average Bonchev–Trinajstić information content (AvgIpc) is 3.05. The van der Waals surface area contributed by atoms with Crippen LogP contribution in [0.1, 0.15) is 43.3 Å². The summed E-state index contributed by atoms with van der Waals surface area (Å²) >= 11 is 3.14. The molecule has 3 N–H and O–H groups in total. The largest absolute Gasteiger partial charge is 0.396 e. The number of thioether (sulfide) groups is 1. The third kappa shape index (κ3) is 2.92. The highest BCUT2D eigenvalue weighted by molar-refractivity contribution is 7.99. The van der Waals surface area contributed by atoms with Crippen LogP contribution in [0.5, 0.6) is 0 Å². The highest BCUT2D eigenvalue weighted by atomic mass is 32.2. The van der Waals surface area contributed by atoms with E-state index in [-0.39, 0.29) is 11.7 Å². The third-order valence-electron chi connectivity index (χ3n) is 3.62. The van der Waals surface area contributed by atoms with Gasteiger partial charge in [0.2, 0.25) is 0 Å². The van der Waals surface area contributed by atoms with Gasteiger partial charge in [0.1, 0.15) is 5.00 Å². The van der Waals surface area contributed by atoms with E-state index in [4.69, 9.17) is 5.73 Å². The molecule has 1 aromatic rings. The molecule has 1 heterocycles. The van der Waals surface area contributed by atoms with Crippen molar-refractivity contribution in [1.29, 1.82) is 0 Å². The Balaban J connectivity index is 2.23. The summed E-state index contributed by atoms with van der Waals surface area (Å²) in [5, 5.41) is 4.64. The smallest absolute Gasteiger partial charge is 0.177 e. The molecule has 106 valence electrons. The molecule has 0 radical (unpaired) electrons. The first kappa shape index (κ1) is 14.7. The third-order valence-corrected chi connectivity index (χ3v) is 5.73. The van der Waals surface area contributed by atoms with Crippen molar-refractivity contribution in [3.8, 4) is 0 Å². The zero-order valence-electron chi connectivity index (χ0n) is 11.9. The van der Waals surface area contributed by atoms with Crippen molar-refractivity contribution >= 4 is 39.6 Å². The predicted octanol–water partition coefficient (Wildman–Crippen LogP) is 4.10. The van der Waals surface area contributed by atoms with Gasteiger partial charge in [0.05, 0.1) is 15.5 Å². The molecule has 2 rings (SSSR count). The molecule has 1 fully saturated rings. The Morgan fingerprint density at radius 1 is 1.58 bits per heavy atom. The minimum Gasteiger partial charge on any atom is -0.396 e. The van der Waals surface area contributed by atoms with Gasteiger partial charge in [-0.1, -0.05) is 27.2 Å². The van der Waals surface area contributed by atoms with Crippen molar-refractivity contribution in [3.63, 3.8) is 0 Å². The summed E-state index contributed by atoms with van der Waals surface area (Å²) in [6.45, 7) is 6.06. The summed E-state index contributed by atoms with van der Waals surface area (Å²) in [6, 6.07) is 0.566. The topological polar surface area (TPSA) is 55.1 Å². The fraction of sp³-hybridized carbons (Fsp3) is 0.643. The van der Waals surface area contributed by atoms with E-state index < -0.39 is 0 Å². The van der Waals surface area contributed by atoms with Crippen LogP contribution in [0.4, 0.5) is 10.7 Å². The number of hydrogen-bond acceptors (Lipinski definition) is 5. The molecule has 3 nitrogen and oxygen atoms in total. The molecule has 0 amide bonds. The van der Waals surface area contributed by atoms with Gasteiger partial charge < -0.3 is 11.1 Å². The maximum Gasteiger partial charge on any atom is 0.177 e. The van der Waals surface area contributed by atoms with Crippen LogP contribution in [0.2, 0.25) is 0 Å². The van der Waals surface area contributed by atoms with E-state index in [9.17, 15) is 4.79 Å². The number of carbonyl (C=O) groups excluding carboxylic acids is 1.